The van der Waals surface area contributed by atoms with E-state index in [2.05, 4.69) is 5.32 Å². The first kappa shape index (κ1) is 32.1. The summed E-state index contributed by atoms with van der Waals surface area (Å²) < 4.78 is 34.7. The van der Waals surface area contributed by atoms with Crippen molar-refractivity contribution >= 4 is 27.5 Å². The highest BCUT2D eigenvalue weighted by molar-refractivity contribution is 7.92. The van der Waals surface area contributed by atoms with Crippen LogP contribution in [0.1, 0.15) is 61.3 Å². The van der Waals surface area contributed by atoms with E-state index in [4.69, 9.17) is 4.74 Å². The maximum Gasteiger partial charge on any atom is 0.264 e. The van der Waals surface area contributed by atoms with Crippen LogP contribution in [0.2, 0.25) is 0 Å². The minimum absolute atomic E-state index is 0.0909. The fraction of sp³-hybridized carbons (Fsp3) is 0.412. The molecule has 0 radical (unpaired) electrons. The van der Waals surface area contributed by atoms with Gasteiger partial charge >= 0.3 is 0 Å². The number of benzene rings is 3. The number of hydrogen-bond acceptors (Lipinski definition) is 5. The molecule has 230 valence electrons. The molecule has 1 N–H and O–H groups in total. The van der Waals surface area contributed by atoms with Gasteiger partial charge in [-0.1, -0.05) is 55.7 Å². The lowest BCUT2D eigenvalue weighted by Crippen LogP contribution is -2.53. The minimum atomic E-state index is -4.12. The van der Waals surface area contributed by atoms with Gasteiger partial charge in [0, 0.05) is 12.6 Å². The third kappa shape index (κ3) is 7.96. The number of carbonyl (C=O) groups excluding carboxylic acids is 2. The van der Waals surface area contributed by atoms with Crippen LogP contribution in [0.15, 0.2) is 71.6 Å². The van der Waals surface area contributed by atoms with E-state index in [9.17, 15) is 18.0 Å². The van der Waals surface area contributed by atoms with Crippen molar-refractivity contribution < 1.29 is 22.7 Å². The Hall–Kier alpha value is -3.85. The molecule has 0 aromatic heterocycles. The summed E-state index contributed by atoms with van der Waals surface area (Å²) in [5, 5.41) is 3.15. The summed E-state index contributed by atoms with van der Waals surface area (Å²) in [5.41, 5.74) is 3.89. The molecule has 3 aromatic rings. The predicted molar refractivity (Wildman–Crippen MR) is 170 cm³/mol. The normalized spacial score (nSPS) is 14.3. The number of aryl methyl sites for hydroxylation is 3. The highest BCUT2D eigenvalue weighted by atomic mass is 32.2. The van der Waals surface area contributed by atoms with E-state index in [1.54, 1.807) is 55.6 Å². The van der Waals surface area contributed by atoms with Gasteiger partial charge in [0.15, 0.2) is 0 Å². The van der Waals surface area contributed by atoms with Crippen molar-refractivity contribution in [2.75, 3.05) is 18.0 Å². The van der Waals surface area contributed by atoms with Crippen LogP contribution in [0.3, 0.4) is 0 Å². The number of rotatable bonds is 12. The molecule has 9 heteroatoms. The van der Waals surface area contributed by atoms with Gasteiger partial charge in [-0.25, -0.2) is 8.42 Å². The van der Waals surface area contributed by atoms with Gasteiger partial charge in [0.05, 0.1) is 17.7 Å². The summed E-state index contributed by atoms with van der Waals surface area (Å²) >= 11 is 0. The molecule has 1 saturated carbocycles. The Bertz CT molecular complexity index is 1490. The Morgan fingerprint density at radius 2 is 1.51 bits per heavy atom. The first-order chi connectivity index (χ1) is 20.5. The van der Waals surface area contributed by atoms with Crippen LogP contribution in [0, 0.1) is 20.8 Å². The molecule has 1 aliphatic carbocycles. The number of anilines is 1. The SMILES string of the molecule is CC[C@@H](C(=O)NC1CCCC1)N(Cc1ccc(OC)cc1)C(=O)CN(c1cc(C)cc(C)c1)S(=O)(=O)c1ccc(C)cc1. The molecule has 0 heterocycles. The second-order valence-corrected chi connectivity index (χ2v) is 13.3. The van der Waals surface area contributed by atoms with Crippen molar-refractivity contribution in [1.82, 2.24) is 10.2 Å². The van der Waals surface area contributed by atoms with E-state index in [0.29, 0.717) is 17.9 Å². The average Bonchev–Trinajstić information content (AvgIpc) is 3.48. The van der Waals surface area contributed by atoms with Gasteiger partial charge in [-0.3, -0.25) is 13.9 Å². The van der Waals surface area contributed by atoms with Crippen molar-refractivity contribution in [3.63, 3.8) is 0 Å². The van der Waals surface area contributed by atoms with Crippen LogP contribution in [-0.2, 0) is 26.2 Å². The third-order valence-corrected chi connectivity index (χ3v) is 9.77. The molecule has 43 heavy (non-hydrogen) atoms. The lowest BCUT2D eigenvalue weighted by Gasteiger charge is -2.34. The molecule has 0 unspecified atom stereocenters. The molecule has 1 aliphatic rings. The van der Waals surface area contributed by atoms with E-state index in [1.165, 1.54) is 9.21 Å². The molecule has 3 aromatic carbocycles. The zero-order chi connectivity index (χ0) is 31.1. The molecule has 0 aliphatic heterocycles. The molecular formula is C34H43N3O5S. The van der Waals surface area contributed by atoms with Gasteiger partial charge in [0.25, 0.3) is 10.0 Å². The molecule has 0 spiro atoms. The lowest BCUT2D eigenvalue weighted by atomic mass is 10.1. The number of ether oxygens (including phenoxy) is 1. The molecule has 0 saturated heterocycles. The maximum absolute atomic E-state index is 14.3. The highest BCUT2D eigenvalue weighted by Gasteiger charge is 2.34. The largest absolute Gasteiger partial charge is 0.497 e. The van der Waals surface area contributed by atoms with Gasteiger partial charge in [-0.15, -0.1) is 0 Å². The first-order valence-electron chi connectivity index (χ1n) is 14.9. The molecule has 4 rings (SSSR count). The number of carbonyl (C=O) groups is 2. The van der Waals surface area contributed by atoms with E-state index in [0.717, 1.165) is 47.9 Å². The second-order valence-electron chi connectivity index (χ2n) is 11.5. The predicted octanol–water partition coefficient (Wildman–Crippen LogP) is 5.68. The Morgan fingerprint density at radius 1 is 0.907 bits per heavy atom. The van der Waals surface area contributed by atoms with Crippen LogP contribution < -0.4 is 14.4 Å². The van der Waals surface area contributed by atoms with E-state index < -0.39 is 28.5 Å². The molecule has 1 fully saturated rings. The Kier molecular flexibility index (Phi) is 10.5. The fourth-order valence-corrected chi connectivity index (χ4v) is 7.07. The number of amides is 2. The molecule has 1 atom stereocenters. The van der Waals surface area contributed by atoms with Gasteiger partial charge in [-0.2, -0.15) is 0 Å². The first-order valence-corrected chi connectivity index (χ1v) is 16.4. The minimum Gasteiger partial charge on any atom is -0.497 e. The summed E-state index contributed by atoms with van der Waals surface area (Å²) in [5.74, 6) is 0.00696. The summed E-state index contributed by atoms with van der Waals surface area (Å²) in [7, 11) is -2.53. The van der Waals surface area contributed by atoms with Crippen molar-refractivity contribution in [2.45, 2.75) is 83.3 Å². The standard InChI is InChI=1S/C34H43N3O5S/c1-6-32(34(39)35-28-9-7-8-10-28)36(22-27-13-15-30(42-5)16-14-27)33(38)23-37(29-20-25(3)19-26(4)21-29)43(40,41)31-17-11-24(2)12-18-31/h11-21,28,32H,6-10,22-23H2,1-5H3,(H,35,39)/t32-/m0/s1. The molecule has 0 bridgehead atoms. The number of nitrogens with zero attached hydrogens (tertiary/aromatic N) is 2. The van der Waals surface area contributed by atoms with Crippen molar-refractivity contribution in [3.8, 4) is 5.75 Å². The third-order valence-electron chi connectivity index (χ3n) is 7.98. The summed E-state index contributed by atoms with van der Waals surface area (Å²) in [6.45, 7) is 7.24. The fourth-order valence-electron chi connectivity index (χ4n) is 5.68. The van der Waals surface area contributed by atoms with Crippen LogP contribution >= 0.6 is 0 Å². The highest BCUT2D eigenvalue weighted by Crippen LogP contribution is 2.27. The van der Waals surface area contributed by atoms with E-state index in [1.807, 2.05) is 45.9 Å². The number of hydrogen-bond donors (Lipinski definition) is 1. The molecule has 2 amide bonds. The smallest absolute Gasteiger partial charge is 0.264 e. The summed E-state index contributed by atoms with van der Waals surface area (Å²) in [6, 6.07) is 18.7. The van der Waals surface area contributed by atoms with Gasteiger partial charge in [-0.05, 0) is 93.1 Å². The zero-order valence-corrected chi connectivity index (χ0v) is 26.6. The number of methoxy groups -OCH3 is 1. The topological polar surface area (TPSA) is 96.0 Å². The Balaban J connectivity index is 1.73. The monoisotopic (exact) mass is 605 g/mol. The Labute approximate surface area is 256 Å². The van der Waals surface area contributed by atoms with Crippen LogP contribution in [-0.4, -0.2) is 50.9 Å². The van der Waals surface area contributed by atoms with Gasteiger partial charge in [0.2, 0.25) is 11.8 Å². The maximum atomic E-state index is 14.3. The lowest BCUT2D eigenvalue weighted by molar-refractivity contribution is -0.140. The number of nitrogens with one attached hydrogen (secondary N) is 1. The molecular weight excluding hydrogens is 562 g/mol. The summed E-state index contributed by atoms with van der Waals surface area (Å²) in [6.07, 6.45) is 4.36. The number of sulfonamides is 1. The zero-order valence-electron chi connectivity index (χ0n) is 25.8. The second kappa shape index (κ2) is 14.1. The quantitative estimate of drug-likeness (QED) is 0.287. The Morgan fingerprint density at radius 3 is 2.07 bits per heavy atom. The van der Waals surface area contributed by atoms with Crippen molar-refractivity contribution in [1.29, 1.82) is 0 Å². The van der Waals surface area contributed by atoms with Crippen LogP contribution in [0.25, 0.3) is 0 Å². The average molecular weight is 606 g/mol. The molecule has 8 nitrogen and oxygen atoms in total. The summed E-state index contributed by atoms with van der Waals surface area (Å²) in [4.78, 5) is 29.5. The van der Waals surface area contributed by atoms with Crippen LogP contribution in [0.5, 0.6) is 5.75 Å². The van der Waals surface area contributed by atoms with Crippen LogP contribution in [0.4, 0.5) is 5.69 Å². The van der Waals surface area contributed by atoms with Crippen molar-refractivity contribution in [2.24, 2.45) is 0 Å². The van der Waals surface area contributed by atoms with Crippen molar-refractivity contribution in [3.05, 3.63) is 89.0 Å². The van der Waals surface area contributed by atoms with E-state index in [-0.39, 0.29) is 23.4 Å². The van der Waals surface area contributed by atoms with Gasteiger partial charge < -0.3 is 15.0 Å². The van der Waals surface area contributed by atoms with Gasteiger partial charge in [0.1, 0.15) is 18.3 Å². The van der Waals surface area contributed by atoms with E-state index >= 15 is 0 Å².